The molecule has 0 aliphatic carbocycles. The summed E-state index contributed by atoms with van der Waals surface area (Å²) in [5.41, 5.74) is 4.00. The molecule has 1 aromatic carbocycles. The topological polar surface area (TPSA) is 70.9 Å². The summed E-state index contributed by atoms with van der Waals surface area (Å²) in [6.07, 6.45) is 3.12. The van der Waals surface area contributed by atoms with Gasteiger partial charge in [-0.1, -0.05) is 23.4 Å². The minimum Gasteiger partial charge on any atom is -0.361 e. The van der Waals surface area contributed by atoms with Crippen molar-refractivity contribution in [2.45, 2.75) is 26.7 Å². The number of benzene rings is 1. The smallest absolute Gasteiger partial charge is 0.224 e. The fraction of sp³-hybridized carbons (Fsp3) is 0.294. The van der Waals surface area contributed by atoms with E-state index in [0.29, 0.717) is 18.7 Å². The number of hydrogen-bond acceptors (Lipinski definition) is 3. The second-order valence-electron chi connectivity index (χ2n) is 5.44. The van der Waals surface area contributed by atoms with Gasteiger partial charge in [-0.3, -0.25) is 4.79 Å². The molecule has 2 N–H and O–H groups in total. The highest BCUT2D eigenvalue weighted by Crippen LogP contribution is 2.17. The Morgan fingerprint density at radius 2 is 2.14 bits per heavy atom. The van der Waals surface area contributed by atoms with Gasteiger partial charge in [-0.05, 0) is 31.9 Å². The van der Waals surface area contributed by atoms with E-state index >= 15 is 0 Å². The third-order valence-electron chi connectivity index (χ3n) is 3.91. The lowest BCUT2D eigenvalue weighted by molar-refractivity contribution is -0.120. The number of nitrogens with one attached hydrogen (secondary N) is 2. The van der Waals surface area contributed by atoms with Crippen molar-refractivity contribution in [1.29, 1.82) is 0 Å². The Morgan fingerprint density at radius 3 is 2.91 bits per heavy atom. The number of aromatic amines is 1. The molecule has 2 aromatic heterocycles. The minimum atomic E-state index is -0.00533. The zero-order valence-electron chi connectivity index (χ0n) is 12.8. The van der Waals surface area contributed by atoms with E-state index in [1.54, 1.807) is 0 Å². The number of fused-ring (bicyclic) bond motifs is 1. The maximum Gasteiger partial charge on any atom is 0.224 e. The van der Waals surface area contributed by atoms with Gasteiger partial charge in [0.2, 0.25) is 5.91 Å². The van der Waals surface area contributed by atoms with Crippen LogP contribution in [0.2, 0.25) is 0 Å². The maximum atomic E-state index is 12.0. The van der Waals surface area contributed by atoms with Crippen LogP contribution in [0.1, 0.15) is 22.6 Å². The lowest BCUT2D eigenvalue weighted by Crippen LogP contribution is -2.27. The van der Waals surface area contributed by atoms with Gasteiger partial charge in [-0.15, -0.1) is 0 Å². The molecule has 114 valence electrons. The Morgan fingerprint density at radius 1 is 1.32 bits per heavy atom. The van der Waals surface area contributed by atoms with Gasteiger partial charge in [0.05, 0.1) is 12.1 Å². The molecule has 5 heteroatoms. The second kappa shape index (κ2) is 6.05. The van der Waals surface area contributed by atoms with Crippen LogP contribution >= 0.6 is 0 Å². The number of carbonyl (C=O) groups is 1. The Kier molecular flexibility index (Phi) is 3.96. The molecule has 0 radical (unpaired) electrons. The summed E-state index contributed by atoms with van der Waals surface area (Å²) in [5.74, 6) is 0.707. The highest BCUT2D eigenvalue weighted by Gasteiger charge is 2.13. The molecule has 0 saturated heterocycles. The number of aromatic nitrogens is 2. The predicted molar refractivity (Wildman–Crippen MR) is 84.7 cm³/mol. The molecular formula is C17H19N3O2. The van der Waals surface area contributed by atoms with Gasteiger partial charge in [-0.25, -0.2) is 0 Å². The van der Waals surface area contributed by atoms with E-state index in [2.05, 4.69) is 27.6 Å². The quantitative estimate of drug-likeness (QED) is 0.760. The van der Waals surface area contributed by atoms with E-state index in [4.69, 9.17) is 4.52 Å². The third kappa shape index (κ3) is 2.88. The van der Waals surface area contributed by atoms with Crippen LogP contribution in [0.5, 0.6) is 0 Å². The number of aryl methyl sites for hydroxylation is 2. The lowest BCUT2D eigenvalue weighted by Gasteiger charge is -2.04. The second-order valence-corrected chi connectivity index (χ2v) is 5.44. The van der Waals surface area contributed by atoms with Crippen molar-refractivity contribution < 1.29 is 9.32 Å². The molecule has 0 bridgehead atoms. The van der Waals surface area contributed by atoms with E-state index in [-0.39, 0.29) is 5.91 Å². The minimum absolute atomic E-state index is 0.00533. The van der Waals surface area contributed by atoms with Crippen molar-refractivity contribution in [2.75, 3.05) is 6.54 Å². The van der Waals surface area contributed by atoms with Crippen LogP contribution in [0, 0.1) is 13.8 Å². The van der Waals surface area contributed by atoms with Gasteiger partial charge in [0.1, 0.15) is 5.76 Å². The molecule has 0 aliphatic rings. The van der Waals surface area contributed by atoms with Crippen molar-refractivity contribution in [3.05, 3.63) is 53.0 Å². The molecule has 3 rings (SSSR count). The van der Waals surface area contributed by atoms with Crippen molar-refractivity contribution in [3.8, 4) is 0 Å². The highest BCUT2D eigenvalue weighted by atomic mass is 16.5. The molecule has 0 saturated carbocycles. The summed E-state index contributed by atoms with van der Waals surface area (Å²) in [4.78, 5) is 15.3. The van der Waals surface area contributed by atoms with Crippen molar-refractivity contribution in [3.63, 3.8) is 0 Å². The first-order chi connectivity index (χ1) is 10.6. The van der Waals surface area contributed by atoms with Gasteiger partial charge >= 0.3 is 0 Å². The normalized spacial score (nSPS) is 11.0. The van der Waals surface area contributed by atoms with E-state index in [1.807, 2.05) is 32.2 Å². The molecule has 2 heterocycles. The average Bonchev–Trinajstić information content (AvgIpc) is 3.06. The number of para-hydroxylation sites is 1. The number of amides is 1. The molecule has 0 fully saturated rings. The first-order valence-electron chi connectivity index (χ1n) is 7.38. The summed E-state index contributed by atoms with van der Waals surface area (Å²) < 4.78 is 5.07. The zero-order valence-corrected chi connectivity index (χ0v) is 12.8. The molecule has 0 atom stereocenters. The van der Waals surface area contributed by atoms with Crippen LogP contribution in [0.25, 0.3) is 10.9 Å². The number of carbonyl (C=O) groups excluding carboxylic acids is 1. The Bertz CT molecular complexity index is 782. The molecule has 1 amide bonds. The van der Waals surface area contributed by atoms with Gasteiger partial charge in [0.15, 0.2) is 0 Å². The summed E-state index contributed by atoms with van der Waals surface area (Å²) in [6, 6.07) is 8.17. The van der Waals surface area contributed by atoms with Gasteiger partial charge in [0, 0.05) is 29.2 Å². The molecule has 0 unspecified atom stereocenters. The Balaban J connectivity index is 1.56. The SMILES string of the molecule is Cc1noc(C)c1CC(=O)NCCc1c[nH]c2ccccc12. The van der Waals surface area contributed by atoms with Gasteiger partial charge < -0.3 is 14.8 Å². The summed E-state index contributed by atoms with van der Waals surface area (Å²) in [5, 5.41) is 8.03. The first kappa shape index (κ1) is 14.4. The third-order valence-corrected chi connectivity index (χ3v) is 3.91. The zero-order chi connectivity index (χ0) is 15.5. The number of hydrogen-bond donors (Lipinski definition) is 2. The predicted octanol–water partition coefficient (Wildman–Crippen LogP) is 2.67. The molecular weight excluding hydrogens is 278 g/mol. The van der Waals surface area contributed by atoms with Gasteiger partial charge in [-0.2, -0.15) is 0 Å². The van der Waals surface area contributed by atoms with Gasteiger partial charge in [0.25, 0.3) is 0 Å². The lowest BCUT2D eigenvalue weighted by atomic mass is 10.1. The molecule has 3 aromatic rings. The van der Waals surface area contributed by atoms with Crippen LogP contribution in [0.3, 0.4) is 0 Å². The fourth-order valence-electron chi connectivity index (χ4n) is 2.65. The summed E-state index contributed by atoms with van der Waals surface area (Å²) in [6.45, 7) is 4.30. The van der Waals surface area contributed by atoms with Crippen LogP contribution in [-0.4, -0.2) is 22.6 Å². The fourth-order valence-corrected chi connectivity index (χ4v) is 2.65. The highest BCUT2D eigenvalue weighted by molar-refractivity contribution is 5.83. The summed E-state index contributed by atoms with van der Waals surface area (Å²) in [7, 11) is 0. The van der Waals surface area contributed by atoms with Crippen molar-refractivity contribution >= 4 is 16.8 Å². The number of nitrogens with zero attached hydrogens (tertiary/aromatic N) is 1. The standard InChI is InChI=1S/C17H19N3O2/c1-11-15(12(2)22-20-11)9-17(21)18-8-7-13-10-19-16-6-4-3-5-14(13)16/h3-6,10,19H,7-9H2,1-2H3,(H,18,21). The molecule has 5 nitrogen and oxygen atoms in total. The monoisotopic (exact) mass is 297 g/mol. The number of rotatable bonds is 5. The van der Waals surface area contributed by atoms with Crippen LogP contribution in [0.4, 0.5) is 0 Å². The molecule has 0 aliphatic heterocycles. The van der Waals surface area contributed by atoms with Crippen molar-refractivity contribution in [2.24, 2.45) is 0 Å². The average molecular weight is 297 g/mol. The van der Waals surface area contributed by atoms with Crippen LogP contribution < -0.4 is 5.32 Å². The molecule has 22 heavy (non-hydrogen) atoms. The molecule has 0 spiro atoms. The maximum absolute atomic E-state index is 12.0. The largest absolute Gasteiger partial charge is 0.361 e. The van der Waals surface area contributed by atoms with E-state index in [9.17, 15) is 4.79 Å². The first-order valence-corrected chi connectivity index (χ1v) is 7.38. The van der Waals surface area contributed by atoms with E-state index in [1.165, 1.54) is 10.9 Å². The Labute approximate surface area is 128 Å². The number of H-pyrrole nitrogens is 1. The van der Waals surface area contributed by atoms with Crippen LogP contribution in [-0.2, 0) is 17.6 Å². The summed E-state index contributed by atoms with van der Waals surface area (Å²) >= 11 is 0. The Hall–Kier alpha value is -2.56. The van der Waals surface area contributed by atoms with Crippen molar-refractivity contribution in [1.82, 2.24) is 15.5 Å². The van der Waals surface area contributed by atoms with E-state index in [0.717, 1.165) is 23.2 Å². The van der Waals surface area contributed by atoms with Crippen LogP contribution in [0.15, 0.2) is 35.0 Å². The van der Waals surface area contributed by atoms with E-state index < -0.39 is 0 Å².